The van der Waals surface area contributed by atoms with Gasteiger partial charge in [-0.05, 0) is 23.1 Å². The maximum Gasteiger partial charge on any atom is 0.416 e. The number of methoxy groups -OCH3 is 2. The van der Waals surface area contributed by atoms with Crippen LogP contribution in [-0.2, 0) is 22.9 Å². The molecule has 0 bridgehead atoms. The molecule has 0 aliphatic carbocycles. The Bertz CT molecular complexity index is 445. The minimum absolute atomic E-state index is 0.0329. The molecular weight excluding hydrogens is 257 g/mol. The first-order chi connectivity index (χ1) is 8.61. The molecule has 1 rings (SSSR count). The van der Waals surface area contributed by atoms with Gasteiger partial charge < -0.3 is 9.47 Å². The Balaban J connectivity index is 3.55. The maximum absolute atomic E-state index is 13.1. The molecule has 0 saturated heterocycles. The highest BCUT2D eigenvalue weighted by molar-refractivity contribution is 5.47. The Morgan fingerprint density at radius 2 is 1.63 bits per heavy atom. The van der Waals surface area contributed by atoms with Crippen LogP contribution >= 0.6 is 0 Å². The summed E-state index contributed by atoms with van der Waals surface area (Å²) in [6, 6.07) is 2.82. The minimum Gasteiger partial charge on any atom is -0.496 e. The van der Waals surface area contributed by atoms with Crippen LogP contribution in [0.15, 0.2) is 12.1 Å². The van der Waals surface area contributed by atoms with Gasteiger partial charge in [-0.1, -0.05) is 20.8 Å². The highest BCUT2D eigenvalue weighted by Crippen LogP contribution is 2.40. The lowest BCUT2D eigenvalue weighted by molar-refractivity contribution is -0.139. The molecule has 0 unspecified atom stereocenters. The van der Waals surface area contributed by atoms with Gasteiger partial charge in [0.1, 0.15) is 5.75 Å². The van der Waals surface area contributed by atoms with Crippen molar-refractivity contribution in [1.29, 1.82) is 0 Å². The van der Waals surface area contributed by atoms with Gasteiger partial charge in [-0.15, -0.1) is 0 Å². The molecule has 0 aliphatic heterocycles. The van der Waals surface area contributed by atoms with E-state index >= 15 is 0 Å². The first-order valence-electron chi connectivity index (χ1n) is 5.88. The second kappa shape index (κ2) is 5.41. The smallest absolute Gasteiger partial charge is 0.416 e. The van der Waals surface area contributed by atoms with Gasteiger partial charge >= 0.3 is 6.18 Å². The van der Waals surface area contributed by atoms with Crippen molar-refractivity contribution in [1.82, 2.24) is 0 Å². The van der Waals surface area contributed by atoms with Gasteiger partial charge in [0.05, 0.1) is 19.3 Å². The van der Waals surface area contributed by atoms with E-state index in [9.17, 15) is 13.2 Å². The lowest BCUT2D eigenvalue weighted by atomic mass is 9.84. The van der Waals surface area contributed by atoms with Crippen molar-refractivity contribution < 1.29 is 22.6 Å². The van der Waals surface area contributed by atoms with Gasteiger partial charge in [-0.3, -0.25) is 0 Å². The first kappa shape index (κ1) is 15.8. The van der Waals surface area contributed by atoms with Crippen molar-refractivity contribution in [3.8, 4) is 5.75 Å². The Hall–Kier alpha value is -1.23. The summed E-state index contributed by atoms with van der Waals surface area (Å²) in [5.74, 6) is 0.210. The molecule has 0 fully saturated rings. The van der Waals surface area contributed by atoms with Gasteiger partial charge in [0, 0.05) is 12.7 Å². The normalized spacial score (nSPS) is 12.6. The zero-order valence-corrected chi connectivity index (χ0v) is 11.8. The quantitative estimate of drug-likeness (QED) is 0.825. The van der Waals surface area contributed by atoms with E-state index in [-0.39, 0.29) is 23.3 Å². The van der Waals surface area contributed by atoms with E-state index in [0.717, 1.165) is 0 Å². The van der Waals surface area contributed by atoms with E-state index in [2.05, 4.69) is 0 Å². The lowest BCUT2D eigenvalue weighted by Gasteiger charge is -2.24. The summed E-state index contributed by atoms with van der Waals surface area (Å²) in [5, 5.41) is 0. The van der Waals surface area contributed by atoms with Gasteiger partial charge in [-0.2, -0.15) is 13.2 Å². The standard InChI is InChI=1S/C14H19F3O2/c1-13(2,3)9-6-11(14(15,16)17)10(8-18-4)12(7-9)19-5/h6-7H,8H2,1-5H3. The average Bonchev–Trinajstić information content (AvgIpc) is 2.26. The topological polar surface area (TPSA) is 18.5 Å². The zero-order chi connectivity index (χ0) is 14.8. The third kappa shape index (κ3) is 3.62. The molecule has 0 amide bonds. The fourth-order valence-corrected chi connectivity index (χ4v) is 1.81. The third-order valence-corrected chi connectivity index (χ3v) is 2.89. The molecule has 0 aliphatic rings. The number of benzene rings is 1. The fourth-order valence-electron chi connectivity index (χ4n) is 1.81. The summed E-state index contributed by atoms with van der Waals surface area (Å²) in [7, 11) is 2.72. The Labute approximate surface area is 111 Å². The number of rotatable bonds is 3. The van der Waals surface area contributed by atoms with Crippen LogP contribution in [0.1, 0.15) is 37.5 Å². The fraction of sp³-hybridized carbons (Fsp3) is 0.571. The van der Waals surface area contributed by atoms with E-state index in [0.29, 0.717) is 5.56 Å². The predicted octanol–water partition coefficient (Wildman–Crippen LogP) is 4.16. The van der Waals surface area contributed by atoms with E-state index in [1.54, 1.807) is 6.07 Å². The molecule has 0 heterocycles. The van der Waals surface area contributed by atoms with Crippen LogP contribution in [0.4, 0.5) is 13.2 Å². The van der Waals surface area contributed by atoms with Gasteiger partial charge in [0.15, 0.2) is 0 Å². The van der Waals surface area contributed by atoms with Crippen molar-refractivity contribution in [2.24, 2.45) is 0 Å². The number of halogens is 3. The van der Waals surface area contributed by atoms with E-state index in [1.165, 1.54) is 20.3 Å². The molecule has 1 aromatic rings. The third-order valence-electron chi connectivity index (χ3n) is 2.89. The van der Waals surface area contributed by atoms with Crippen molar-refractivity contribution in [2.75, 3.05) is 14.2 Å². The van der Waals surface area contributed by atoms with Crippen LogP contribution in [0.2, 0.25) is 0 Å². The van der Waals surface area contributed by atoms with Crippen molar-refractivity contribution in [2.45, 2.75) is 39.0 Å². The van der Waals surface area contributed by atoms with Gasteiger partial charge in [0.2, 0.25) is 0 Å². The Morgan fingerprint density at radius 1 is 1.05 bits per heavy atom. The molecule has 0 atom stereocenters. The largest absolute Gasteiger partial charge is 0.496 e. The minimum atomic E-state index is -4.43. The summed E-state index contributed by atoms with van der Waals surface area (Å²) >= 11 is 0. The van der Waals surface area contributed by atoms with E-state index in [4.69, 9.17) is 9.47 Å². The molecule has 0 saturated carbocycles. The molecule has 108 valence electrons. The summed E-state index contributed by atoms with van der Waals surface area (Å²) in [5.41, 5.74) is -0.473. The van der Waals surface area contributed by atoms with Gasteiger partial charge in [-0.25, -0.2) is 0 Å². The summed E-state index contributed by atoms with van der Waals surface area (Å²) in [4.78, 5) is 0. The molecule has 0 spiro atoms. The van der Waals surface area contributed by atoms with Crippen LogP contribution in [0.3, 0.4) is 0 Å². The molecule has 0 radical (unpaired) electrons. The Kier molecular flexibility index (Phi) is 4.50. The van der Waals surface area contributed by atoms with Crippen molar-refractivity contribution >= 4 is 0 Å². The monoisotopic (exact) mass is 276 g/mol. The molecule has 0 aromatic heterocycles. The van der Waals surface area contributed by atoms with Crippen LogP contribution in [0, 0.1) is 0 Å². The van der Waals surface area contributed by atoms with E-state index < -0.39 is 11.7 Å². The molecular formula is C14H19F3O2. The molecule has 19 heavy (non-hydrogen) atoms. The second-order valence-electron chi connectivity index (χ2n) is 5.39. The van der Waals surface area contributed by atoms with Crippen LogP contribution in [-0.4, -0.2) is 14.2 Å². The SMILES string of the molecule is COCc1c(OC)cc(C(C)(C)C)cc1C(F)(F)F. The second-order valence-corrected chi connectivity index (χ2v) is 5.39. The number of hydrogen-bond acceptors (Lipinski definition) is 2. The Morgan fingerprint density at radius 3 is 2.00 bits per heavy atom. The highest BCUT2D eigenvalue weighted by atomic mass is 19.4. The lowest BCUT2D eigenvalue weighted by Crippen LogP contribution is -2.17. The summed E-state index contributed by atoms with van der Waals surface area (Å²) < 4.78 is 49.4. The first-order valence-corrected chi connectivity index (χ1v) is 5.88. The van der Waals surface area contributed by atoms with Crippen LogP contribution in [0.5, 0.6) is 5.75 Å². The molecule has 2 nitrogen and oxygen atoms in total. The molecule has 1 aromatic carbocycles. The van der Waals surface area contributed by atoms with Crippen LogP contribution < -0.4 is 4.74 Å². The summed E-state index contributed by atoms with van der Waals surface area (Å²) in [6.45, 7) is 5.44. The highest BCUT2D eigenvalue weighted by Gasteiger charge is 2.36. The van der Waals surface area contributed by atoms with E-state index in [1.807, 2.05) is 20.8 Å². The molecule has 5 heteroatoms. The maximum atomic E-state index is 13.1. The number of ether oxygens (including phenoxy) is 2. The zero-order valence-electron chi connectivity index (χ0n) is 11.8. The van der Waals surface area contributed by atoms with Crippen LogP contribution in [0.25, 0.3) is 0 Å². The number of hydrogen-bond donors (Lipinski definition) is 0. The summed E-state index contributed by atoms with van der Waals surface area (Å²) in [6.07, 6.45) is -4.43. The number of alkyl halides is 3. The van der Waals surface area contributed by atoms with Crippen molar-refractivity contribution in [3.63, 3.8) is 0 Å². The molecule has 0 N–H and O–H groups in total. The van der Waals surface area contributed by atoms with Crippen molar-refractivity contribution in [3.05, 3.63) is 28.8 Å². The van der Waals surface area contributed by atoms with Gasteiger partial charge in [0.25, 0.3) is 0 Å². The predicted molar refractivity (Wildman–Crippen MR) is 67.4 cm³/mol. The average molecular weight is 276 g/mol.